The minimum absolute atomic E-state index is 0.156. The number of nitrogens with zero attached hydrogens (tertiary/aromatic N) is 1. The molecule has 0 aliphatic carbocycles. The van der Waals surface area contributed by atoms with Crippen LogP contribution in [0.25, 0.3) is 22.0 Å². The number of ether oxygens (including phenoxy) is 1. The highest BCUT2D eigenvalue weighted by molar-refractivity contribution is 9.11. The van der Waals surface area contributed by atoms with Gasteiger partial charge < -0.3 is 9.72 Å². The summed E-state index contributed by atoms with van der Waals surface area (Å²) >= 11 is 12.7. The summed E-state index contributed by atoms with van der Waals surface area (Å²) in [6, 6.07) is 23.6. The molecule has 2 N–H and O–H groups in total. The molecule has 0 unspecified atom stereocenters. The van der Waals surface area contributed by atoms with Crippen LogP contribution in [0.3, 0.4) is 0 Å². The lowest BCUT2D eigenvalue weighted by Gasteiger charge is -2.11. The second kappa shape index (κ2) is 11.5. The number of hydrogen-bond acceptors (Lipinski definition) is 4. The third kappa shape index (κ3) is 5.80. The van der Waals surface area contributed by atoms with Gasteiger partial charge in [0.15, 0.2) is 5.75 Å². The Morgan fingerprint density at radius 2 is 1.72 bits per heavy atom. The number of hydrazone groups is 1. The Kier molecular flexibility index (Phi) is 7.92. The first-order valence-electron chi connectivity index (χ1n) is 11.5. The van der Waals surface area contributed by atoms with Gasteiger partial charge in [-0.05, 0) is 64.0 Å². The van der Waals surface area contributed by atoms with Gasteiger partial charge in [0.25, 0.3) is 5.91 Å². The molecule has 1 heterocycles. The Labute approximate surface area is 244 Å². The van der Waals surface area contributed by atoms with Crippen LogP contribution in [0.2, 0.25) is 5.02 Å². The molecule has 4 aromatic carbocycles. The van der Waals surface area contributed by atoms with Crippen molar-refractivity contribution in [2.24, 2.45) is 5.10 Å². The van der Waals surface area contributed by atoms with Gasteiger partial charge in [0.05, 0.1) is 21.8 Å². The first-order chi connectivity index (χ1) is 18.8. The fourth-order valence-corrected chi connectivity index (χ4v) is 5.46. The van der Waals surface area contributed by atoms with Crippen molar-refractivity contribution in [1.29, 1.82) is 0 Å². The lowest BCUT2D eigenvalue weighted by molar-refractivity contribution is 0.0733. The maximum absolute atomic E-state index is 14.5. The minimum atomic E-state index is -0.596. The summed E-state index contributed by atoms with van der Waals surface area (Å²) in [7, 11) is 0. The number of hydrogen-bond donors (Lipinski definition) is 2. The van der Waals surface area contributed by atoms with E-state index in [0.29, 0.717) is 36.0 Å². The summed E-state index contributed by atoms with van der Waals surface area (Å²) in [5, 5.41) is 5.16. The number of amides is 1. The van der Waals surface area contributed by atoms with Gasteiger partial charge >= 0.3 is 5.97 Å². The van der Waals surface area contributed by atoms with Crippen LogP contribution in [0.15, 0.2) is 99.0 Å². The van der Waals surface area contributed by atoms with Crippen LogP contribution < -0.4 is 10.2 Å². The molecule has 1 amide bonds. The van der Waals surface area contributed by atoms with E-state index >= 15 is 0 Å². The molecule has 0 fully saturated rings. The predicted octanol–water partition coefficient (Wildman–Crippen LogP) is 8.14. The van der Waals surface area contributed by atoms with Crippen molar-refractivity contribution in [2.45, 2.75) is 0 Å². The molecule has 0 saturated heterocycles. The van der Waals surface area contributed by atoms with Crippen molar-refractivity contribution in [1.82, 2.24) is 10.4 Å². The van der Waals surface area contributed by atoms with Gasteiger partial charge in [0.1, 0.15) is 11.5 Å². The number of halogens is 4. The number of esters is 1. The third-order valence-electron chi connectivity index (χ3n) is 5.75. The molecule has 0 bridgehead atoms. The molecule has 0 aliphatic heterocycles. The van der Waals surface area contributed by atoms with Crippen LogP contribution in [0.1, 0.15) is 26.4 Å². The zero-order valence-electron chi connectivity index (χ0n) is 19.8. The van der Waals surface area contributed by atoms with Crippen molar-refractivity contribution in [3.8, 4) is 16.9 Å². The second-order valence-electron chi connectivity index (χ2n) is 8.30. The number of H-pyrrole nitrogens is 1. The van der Waals surface area contributed by atoms with Crippen molar-refractivity contribution in [3.63, 3.8) is 0 Å². The highest BCUT2D eigenvalue weighted by Gasteiger charge is 2.21. The van der Waals surface area contributed by atoms with Crippen LogP contribution in [-0.2, 0) is 0 Å². The van der Waals surface area contributed by atoms with E-state index in [2.05, 4.69) is 47.4 Å². The van der Waals surface area contributed by atoms with Crippen LogP contribution in [-0.4, -0.2) is 23.1 Å². The predicted molar refractivity (Wildman–Crippen MR) is 157 cm³/mol. The third-order valence-corrected chi connectivity index (χ3v) is 7.05. The molecular formula is C29H17Br2ClFN3O3. The van der Waals surface area contributed by atoms with E-state index in [4.69, 9.17) is 16.3 Å². The van der Waals surface area contributed by atoms with Gasteiger partial charge in [0.2, 0.25) is 0 Å². The van der Waals surface area contributed by atoms with Gasteiger partial charge in [-0.25, -0.2) is 14.6 Å². The molecular weight excluding hydrogens is 653 g/mol. The molecule has 5 rings (SSSR count). The van der Waals surface area contributed by atoms with Crippen molar-refractivity contribution < 1.29 is 18.7 Å². The van der Waals surface area contributed by atoms with E-state index in [9.17, 15) is 14.0 Å². The summed E-state index contributed by atoms with van der Waals surface area (Å²) in [4.78, 5) is 28.8. The molecule has 0 spiro atoms. The Morgan fingerprint density at radius 3 is 2.46 bits per heavy atom. The number of aromatic nitrogens is 1. The standard InChI is InChI=1S/C29H17Br2ClFN3O3/c30-19-13-18(27(22(31)14-19)39-29(38)17-9-11-20(32)12-10-17)15-34-36-28(37)26-24(16-5-2-1-3-6-16)21-7-4-8-23(33)25(21)35-26/h1-15,35H,(H,36,37). The van der Waals surface area contributed by atoms with Crippen LogP contribution in [0, 0.1) is 5.82 Å². The molecule has 10 heteroatoms. The van der Waals surface area contributed by atoms with E-state index in [1.165, 1.54) is 12.3 Å². The zero-order valence-corrected chi connectivity index (χ0v) is 23.8. The van der Waals surface area contributed by atoms with Gasteiger partial charge in [-0.3, -0.25) is 4.79 Å². The maximum Gasteiger partial charge on any atom is 0.343 e. The molecule has 39 heavy (non-hydrogen) atoms. The minimum Gasteiger partial charge on any atom is -0.421 e. The van der Waals surface area contributed by atoms with Gasteiger partial charge in [-0.1, -0.05) is 70.0 Å². The fraction of sp³-hybridized carbons (Fsp3) is 0. The highest BCUT2D eigenvalue weighted by Crippen LogP contribution is 2.34. The summed E-state index contributed by atoms with van der Waals surface area (Å²) in [6.07, 6.45) is 1.35. The Balaban J connectivity index is 1.44. The van der Waals surface area contributed by atoms with Crippen molar-refractivity contribution in [2.75, 3.05) is 0 Å². The first kappa shape index (κ1) is 26.8. The van der Waals surface area contributed by atoms with Crippen molar-refractivity contribution in [3.05, 3.63) is 122 Å². The fourth-order valence-electron chi connectivity index (χ4n) is 3.99. The number of rotatable bonds is 6. The monoisotopic (exact) mass is 667 g/mol. The Bertz CT molecular complexity index is 1740. The van der Waals surface area contributed by atoms with E-state index in [0.717, 1.165) is 5.56 Å². The summed E-state index contributed by atoms with van der Waals surface area (Å²) in [5.74, 6) is -1.44. The summed E-state index contributed by atoms with van der Waals surface area (Å²) in [6.45, 7) is 0. The van der Waals surface area contributed by atoms with E-state index in [1.54, 1.807) is 48.5 Å². The number of aromatic amines is 1. The summed E-state index contributed by atoms with van der Waals surface area (Å²) < 4.78 is 21.4. The summed E-state index contributed by atoms with van der Waals surface area (Å²) in [5.41, 5.74) is 4.88. The van der Waals surface area contributed by atoms with Gasteiger partial charge in [-0.2, -0.15) is 5.10 Å². The molecule has 0 aliphatic rings. The highest BCUT2D eigenvalue weighted by atomic mass is 79.9. The quantitative estimate of drug-likeness (QED) is 0.0829. The SMILES string of the molecule is O=C(Oc1c(Br)cc(Br)cc1C=NNC(=O)c1[nH]c2c(F)cccc2c1-c1ccccc1)c1ccc(Cl)cc1. The number of benzene rings is 4. The molecule has 194 valence electrons. The molecule has 1 aromatic heterocycles. The van der Waals surface area contributed by atoms with Gasteiger partial charge in [0, 0.05) is 26.0 Å². The van der Waals surface area contributed by atoms with Crippen LogP contribution in [0.5, 0.6) is 5.75 Å². The molecule has 5 aromatic rings. The van der Waals surface area contributed by atoms with E-state index < -0.39 is 17.7 Å². The van der Waals surface area contributed by atoms with E-state index in [1.807, 2.05) is 30.3 Å². The average molecular weight is 670 g/mol. The Hall–Kier alpha value is -3.79. The van der Waals surface area contributed by atoms with Crippen molar-refractivity contribution >= 4 is 72.5 Å². The lowest BCUT2D eigenvalue weighted by Crippen LogP contribution is -2.19. The zero-order chi connectivity index (χ0) is 27.5. The topological polar surface area (TPSA) is 83.5 Å². The number of nitrogens with one attached hydrogen (secondary N) is 2. The van der Waals surface area contributed by atoms with E-state index in [-0.39, 0.29) is 17.0 Å². The largest absolute Gasteiger partial charge is 0.421 e. The van der Waals surface area contributed by atoms with Crippen LogP contribution in [0.4, 0.5) is 4.39 Å². The normalized spacial score (nSPS) is 11.2. The number of para-hydroxylation sites is 1. The molecule has 0 atom stereocenters. The number of carbonyl (C=O) groups is 2. The molecule has 0 radical (unpaired) electrons. The molecule has 6 nitrogen and oxygen atoms in total. The number of carbonyl (C=O) groups excluding carboxylic acids is 2. The number of fused-ring (bicyclic) bond motifs is 1. The lowest BCUT2D eigenvalue weighted by atomic mass is 10.0. The van der Waals surface area contributed by atoms with Crippen LogP contribution >= 0.6 is 43.5 Å². The van der Waals surface area contributed by atoms with Gasteiger partial charge in [-0.15, -0.1) is 0 Å². The smallest absolute Gasteiger partial charge is 0.343 e. The molecule has 0 saturated carbocycles. The average Bonchev–Trinajstić information content (AvgIpc) is 3.32. The second-order valence-corrected chi connectivity index (χ2v) is 10.5. The maximum atomic E-state index is 14.5. The first-order valence-corrected chi connectivity index (χ1v) is 13.4. The Morgan fingerprint density at radius 1 is 0.974 bits per heavy atom.